The maximum Gasteiger partial charge on any atom is 0.260 e. The van der Waals surface area contributed by atoms with Gasteiger partial charge in [-0.1, -0.05) is 37.1 Å². The molecule has 0 bridgehead atoms. The number of fused-ring (bicyclic) bond motifs is 1. The molecule has 2 fully saturated rings. The van der Waals surface area contributed by atoms with Crippen molar-refractivity contribution in [2.24, 2.45) is 0 Å². The molecule has 0 atom stereocenters. The number of nitrogens with one attached hydrogen (secondary N) is 1. The molecule has 2 aliphatic rings. The van der Waals surface area contributed by atoms with Gasteiger partial charge >= 0.3 is 0 Å². The summed E-state index contributed by atoms with van der Waals surface area (Å²) >= 11 is 0. The Morgan fingerprint density at radius 1 is 1.00 bits per heavy atom. The van der Waals surface area contributed by atoms with E-state index in [-0.39, 0.29) is 11.5 Å². The van der Waals surface area contributed by atoms with Crippen molar-refractivity contribution in [1.29, 1.82) is 5.26 Å². The van der Waals surface area contributed by atoms with Crippen molar-refractivity contribution in [2.75, 3.05) is 31.1 Å². The van der Waals surface area contributed by atoms with Gasteiger partial charge in [0.05, 0.1) is 22.4 Å². The maximum absolute atomic E-state index is 13.0. The van der Waals surface area contributed by atoms with E-state index in [0.29, 0.717) is 48.6 Å². The molecule has 1 aliphatic heterocycles. The Hall–Kier alpha value is -3.66. The summed E-state index contributed by atoms with van der Waals surface area (Å²) in [6, 6.07) is 17.4. The van der Waals surface area contributed by atoms with E-state index < -0.39 is 5.41 Å². The zero-order valence-corrected chi connectivity index (χ0v) is 17.9. The van der Waals surface area contributed by atoms with E-state index in [1.54, 1.807) is 6.07 Å². The summed E-state index contributed by atoms with van der Waals surface area (Å²) in [7, 11) is 0. The Labute approximate surface area is 186 Å². The maximum atomic E-state index is 13.0. The molecule has 1 aromatic heterocycles. The monoisotopic (exact) mass is 427 g/mol. The fraction of sp³-hybridized carbons (Fsp3) is 0.360. The molecule has 1 aliphatic carbocycles. The van der Waals surface area contributed by atoms with Gasteiger partial charge in [-0.05, 0) is 42.7 Å². The van der Waals surface area contributed by atoms with E-state index in [4.69, 9.17) is 0 Å². The minimum Gasteiger partial charge on any atom is -0.339 e. The average Bonchev–Trinajstić information content (AvgIpc) is 3.34. The number of hydrogen-bond donors (Lipinski definition) is 1. The lowest BCUT2D eigenvalue weighted by Gasteiger charge is -2.35. The Bertz CT molecular complexity index is 1240. The van der Waals surface area contributed by atoms with Crippen LogP contribution in [0.2, 0.25) is 0 Å². The number of piperazine rings is 1. The van der Waals surface area contributed by atoms with Gasteiger partial charge in [0, 0.05) is 31.7 Å². The highest BCUT2D eigenvalue weighted by Gasteiger charge is 2.35. The first-order valence-electron chi connectivity index (χ1n) is 11.1. The summed E-state index contributed by atoms with van der Waals surface area (Å²) in [6.45, 7) is 2.31. The van der Waals surface area contributed by atoms with Crippen LogP contribution in [0.4, 0.5) is 5.95 Å². The highest BCUT2D eigenvalue weighted by Crippen LogP contribution is 2.40. The topological polar surface area (TPSA) is 93.1 Å². The number of H-pyrrole nitrogens is 1. The minimum atomic E-state index is -0.392. The van der Waals surface area contributed by atoms with Crippen LogP contribution < -0.4 is 10.5 Å². The van der Waals surface area contributed by atoms with Crippen LogP contribution in [0.25, 0.3) is 10.9 Å². The first-order valence-corrected chi connectivity index (χ1v) is 11.1. The Kier molecular flexibility index (Phi) is 5.14. The van der Waals surface area contributed by atoms with E-state index in [9.17, 15) is 14.9 Å². The molecule has 1 N–H and O–H groups in total. The molecule has 5 rings (SSSR count). The zero-order valence-electron chi connectivity index (χ0n) is 17.9. The van der Waals surface area contributed by atoms with Crippen LogP contribution in [0.3, 0.4) is 0 Å². The molecule has 7 nitrogen and oxygen atoms in total. The van der Waals surface area contributed by atoms with Crippen molar-refractivity contribution in [2.45, 2.75) is 31.1 Å². The Morgan fingerprint density at radius 2 is 1.69 bits per heavy atom. The van der Waals surface area contributed by atoms with Crippen molar-refractivity contribution in [1.82, 2.24) is 14.9 Å². The summed E-state index contributed by atoms with van der Waals surface area (Å²) < 4.78 is 0. The second-order valence-electron chi connectivity index (χ2n) is 8.66. The molecule has 2 heterocycles. The fourth-order valence-electron chi connectivity index (χ4n) is 4.90. The molecule has 1 amide bonds. The molecule has 2 aromatic carbocycles. The number of rotatable bonds is 3. The van der Waals surface area contributed by atoms with Gasteiger partial charge in [0.25, 0.3) is 11.5 Å². The summed E-state index contributed by atoms with van der Waals surface area (Å²) in [5.41, 5.74) is 1.79. The molecule has 0 radical (unpaired) electrons. The number of hydrogen-bond acceptors (Lipinski definition) is 5. The number of anilines is 1. The number of aromatic nitrogens is 2. The number of amides is 1. The van der Waals surface area contributed by atoms with E-state index in [1.807, 2.05) is 52.3 Å². The van der Waals surface area contributed by atoms with Gasteiger partial charge in [0.2, 0.25) is 5.95 Å². The van der Waals surface area contributed by atoms with E-state index >= 15 is 0 Å². The standard InChI is InChI=1S/C25H25N5O2/c26-17-25(11-3-4-12-25)19-9-7-18(8-10-19)23(32)29-13-15-30(16-14-29)24-27-21-6-2-1-5-20(21)22(31)28-24/h1-2,5-10H,3-4,11-16H2,(H,27,28,31). The van der Waals surface area contributed by atoms with Crippen molar-refractivity contribution in [3.05, 3.63) is 70.0 Å². The molecule has 0 unspecified atom stereocenters. The van der Waals surface area contributed by atoms with Gasteiger partial charge in [-0.15, -0.1) is 0 Å². The predicted molar refractivity (Wildman–Crippen MR) is 123 cm³/mol. The first kappa shape index (κ1) is 20.3. The highest BCUT2D eigenvalue weighted by molar-refractivity contribution is 5.94. The van der Waals surface area contributed by atoms with Crippen LogP contribution in [0, 0.1) is 11.3 Å². The molecule has 32 heavy (non-hydrogen) atoms. The number of carbonyl (C=O) groups excluding carboxylic acids is 1. The Morgan fingerprint density at radius 3 is 2.38 bits per heavy atom. The lowest BCUT2D eigenvalue weighted by atomic mass is 9.80. The van der Waals surface area contributed by atoms with Gasteiger partial charge in [-0.3, -0.25) is 14.6 Å². The molecule has 162 valence electrons. The Balaban J connectivity index is 1.27. The van der Waals surface area contributed by atoms with Gasteiger partial charge in [-0.2, -0.15) is 5.26 Å². The molecule has 1 saturated heterocycles. The number of para-hydroxylation sites is 1. The second kappa shape index (κ2) is 8.12. The van der Waals surface area contributed by atoms with Crippen LogP contribution in [0.5, 0.6) is 0 Å². The lowest BCUT2D eigenvalue weighted by molar-refractivity contribution is 0.0746. The fourth-order valence-corrected chi connectivity index (χ4v) is 4.90. The second-order valence-corrected chi connectivity index (χ2v) is 8.66. The van der Waals surface area contributed by atoms with Crippen molar-refractivity contribution in [3.63, 3.8) is 0 Å². The van der Waals surface area contributed by atoms with Crippen molar-refractivity contribution >= 4 is 22.8 Å². The van der Waals surface area contributed by atoms with Crippen LogP contribution in [0.15, 0.2) is 53.3 Å². The van der Waals surface area contributed by atoms with E-state index in [2.05, 4.69) is 16.0 Å². The molecular formula is C25H25N5O2. The lowest BCUT2D eigenvalue weighted by Crippen LogP contribution is -2.49. The number of aromatic amines is 1. The van der Waals surface area contributed by atoms with Crippen molar-refractivity contribution in [3.8, 4) is 6.07 Å². The number of nitrogens with zero attached hydrogens (tertiary/aromatic N) is 4. The average molecular weight is 428 g/mol. The van der Waals surface area contributed by atoms with Gasteiger partial charge < -0.3 is 9.80 Å². The summed E-state index contributed by atoms with van der Waals surface area (Å²) in [5.74, 6) is 0.539. The highest BCUT2D eigenvalue weighted by atomic mass is 16.2. The zero-order chi connectivity index (χ0) is 22.1. The van der Waals surface area contributed by atoms with Gasteiger partial charge in [0.1, 0.15) is 0 Å². The van der Waals surface area contributed by atoms with Crippen LogP contribution in [-0.2, 0) is 5.41 Å². The third-order valence-corrected chi connectivity index (χ3v) is 6.82. The van der Waals surface area contributed by atoms with Crippen molar-refractivity contribution < 1.29 is 4.79 Å². The molecule has 3 aromatic rings. The third kappa shape index (κ3) is 3.52. The first-order chi connectivity index (χ1) is 15.6. The minimum absolute atomic E-state index is 0.00593. The molecule has 0 spiro atoms. The summed E-state index contributed by atoms with van der Waals surface area (Å²) in [4.78, 5) is 36.7. The third-order valence-electron chi connectivity index (χ3n) is 6.82. The molecule has 7 heteroatoms. The quantitative estimate of drug-likeness (QED) is 0.693. The van der Waals surface area contributed by atoms with Crippen LogP contribution >= 0.6 is 0 Å². The molecular weight excluding hydrogens is 402 g/mol. The van der Waals surface area contributed by atoms with E-state index in [1.165, 1.54) is 0 Å². The van der Waals surface area contributed by atoms with Gasteiger partial charge in [0.15, 0.2) is 0 Å². The normalized spacial score (nSPS) is 18.0. The van der Waals surface area contributed by atoms with Gasteiger partial charge in [-0.25, -0.2) is 4.98 Å². The smallest absolute Gasteiger partial charge is 0.260 e. The largest absolute Gasteiger partial charge is 0.339 e. The number of benzene rings is 2. The summed E-state index contributed by atoms with van der Waals surface area (Å²) in [5, 5.41) is 10.3. The summed E-state index contributed by atoms with van der Waals surface area (Å²) in [6.07, 6.45) is 3.94. The number of nitriles is 1. The molecule has 1 saturated carbocycles. The SMILES string of the molecule is N#CC1(c2ccc(C(=O)N3CCN(c4nc5ccccc5c(=O)[nH]4)CC3)cc2)CCCC1. The predicted octanol–water partition coefficient (Wildman–Crippen LogP) is 3.22. The van der Waals surface area contributed by atoms with E-state index in [0.717, 1.165) is 31.2 Å². The number of carbonyl (C=O) groups is 1. The van der Waals surface area contributed by atoms with Crippen LogP contribution in [0.1, 0.15) is 41.6 Å². The van der Waals surface area contributed by atoms with Crippen LogP contribution in [-0.4, -0.2) is 47.0 Å².